The molecule has 6 heteroatoms. The first-order valence-corrected chi connectivity index (χ1v) is 6.11. The maximum Gasteiger partial charge on any atom is 0.357 e. The second-order valence-electron chi connectivity index (χ2n) is 3.86. The van der Waals surface area contributed by atoms with Gasteiger partial charge in [0.2, 0.25) is 0 Å². The first kappa shape index (κ1) is 10.3. The van der Waals surface area contributed by atoms with Crippen molar-refractivity contribution in [3.05, 3.63) is 33.8 Å². The van der Waals surface area contributed by atoms with Gasteiger partial charge in [0.1, 0.15) is 6.26 Å². The minimum absolute atomic E-state index is 0.0453. The summed E-state index contributed by atoms with van der Waals surface area (Å²) in [5, 5.41) is 10.9. The Morgan fingerprint density at radius 1 is 1.59 bits per heavy atom. The zero-order valence-corrected chi connectivity index (χ0v) is 9.74. The van der Waals surface area contributed by atoms with Crippen molar-refractivity contribution < 1.29 is 14.3 Å². The smallest absolute Gasteiger partial charge is 0.357 e. The molecule has 17 heavy (non-hydrogen) atoms. The third-order valence-corrected chi connectivity index (χ3v) is 3.81. The van der Waals surface area contributed by atoms with Crippen LogP contribution in [-0.2, 0) is 13.0 Å². The lowest BCUT2D eigenvalue weighted by Crippen LogP contribution is -2.29. The second-order valence-corrected chi connectivity index (χ2v) is 4.86. The van der Waals surface area contributed by atoms with Gasteiger partial charge in [-0.05, 0) is 23.4 Å². The Bertz CT molecular complexity index is 561. The van der Waals surface area contributed by atoms with Crippen LogP contribution in [0.25, 0.3) is 0 Å². The molecule has 1 aliphatic heterocycles. The summed E-state index contributed by atoms with van der Waals surface area (Å²) in [5.74, 6) is -1.06. The van der Waals surface area contributed by atoms with Crippen molar-refractivity contribution in [2.75, 3.05) is 11.4 Å². The van der Waals surface area contributed by atoms with Crippen LogP contribution in [0.2, 0.25) is 0 Å². The van der Waals surface area contributed by atoms with E-state index in [-0.39, 0.29) is 5.69 Å². The number of rotatable bonds is 2. The molecular weight excluding hydrogens is 240 g/mol. The molecule has 0 atom stereocenters. The highest BCUT2D eigenvalue weighted by atomic mass is 32.1. The van der Waals surface area contributed by atoms with Crippen LogP contribution in [-0.4, -0.2) is 22.6 Å². The molecule has 0 fully saturated rings. The minimum Gasteiger partial charge on any atom is -0.476 e. The molecule has 3 rings (SSSR count). The van der Waals surface area contributed by atoms with Gasteiger partial charge in [0.25, 0.3) is 6.01 Å². The van der Waals surface area contributed by atoms with Gasteiger partial charge < -0.3 is 14.4 Å². The number of fused-ring (bicyclic) bond motifs is 1. The van der Waals surface area contributed by atoms with Gasteiger partial charge in [0.15, 0.2) is 5.69 Å². The van der Waals surface area contributed by atoms with E-state index in [1.54, 1.807) is 11.3 Å². The van der Waals surface area contributed by atoms with Crippen molar-refractivity contribution in [2.45, 2.75) is 13.0 Å². The number of nitrogens with zero attached hydrogens (tertiary/aromatic N) is 2. The van der Waals surface area contributed by atoms with Gasteiger partial charge in [-0.15, -0.1) is 11.3 Å². The average Bonchev–Trinajstić information content (AvgIpc) is 2.97. The fourth-order valence-electron chi connectivity index (χ4n) is 1.92. The molecule has 0 amide bonds. The Morgan fingerprint density at radius 3 is 3.24 bits per heavy atom. The molecule has 3 heterocycles. The number of hydrogen-bond acceptors (Lipinski definition) is 5. The van der Waals surface area contributed by atoms with E-state index in [1.165, 1.54) is 16.7 Å². The lowest BCUT2D eigenvalue weighted by atomic mass is 10.1. The number of oxazole rings is 1. The topological polar surface area (TPSA) is 66.6 Å². The molecule has 0 aliphatic carbocycles. The maximum atomic E-state index is 10.7. The number of carboxylic acid groups (broad SMARTS) is 1. The molecule has 0 spiro atoms. The highest BCUT2D eigenvalue weighted by molar-refractivity contribution is 7.10. The Labute approximate surface area is 101 Å². The number of aromatic nitrogens is 1. The minimum atomic E-state index is -1.06. The third kappa shape index (κ3) is 1.80. The van der Waals surface area contributed by atoms with E-state index in [9.17, 15) is 4.79 Å². The van der Waals surface area contributed by atoms with E-state index < -0.39 is 5.97 Å². The van der Waals surface area contributed by atoms with Gasteiger partial charge >= 0.3 is 5.97 Å². The van der Waals surface area contributed by atoms with Gasteiger partial charge in [-0.3, -0.25) is 0 Å². The number of thiophene rings is 1. The largest absolute Gasteiger partial charge is 0.476 e. The second kappa shape index (κ2) is 3.89. The van der Waals surface area contributed by atoms with Gasteiger partial charge in [0, 0.05) is 18.0 Å². The Balaban J connectivity index is 1.84. The first-order valence-electron chi connectivity index (χ1n) is 5.23. The van der Waals surface area contributed by atoms with Crippen molar-refractivity contribution >= 4 is 23.3 Å². The molecule has 5 nitrogen and oxygen atoms in total. The van der Waals surface area contributed by atoms with Gasteiger partial charge in [-0.25, -0.2) is 4.79 Å². The molecule has 0 bridgehead atoms. The lowest BCUT2D eigenvalue weighted by molar-refractivity contribution is 0.0690. The van der Waals surface area contributed by atoms with Crippen molar-refractivity contribution in [1.82, 2.24) is 4.98 Å². The van der Waals surface area contributed by atoms with Gasteiger partial charge in [0.05, 0.1) is 0 Å². The van der Waals surface area contributed by atoms with E-state index in [1.807, 2.05) is 4.90 Å². The predicted octanol–water partition coefficient (Wildman–Crippen LogP) is 2.00. The fourth-order valence-corrected chi connectivity index (χ4v) is 2.81. The number of carbonyl (C=O) groups is 1. The van der Waals surface area contributed by atoms with Crippen molar-refractivity contribution in [3.8, 4) is 0 Å². The van der Waals surface area contributed by atoms with Crippen LogP contribution in [0.3, 0.4) is 0 Å². The quantitative estimate of drug-likeness (QED) is 0.883. The number of anilines is 1. The third-order valence-electron chi connectivity index (χ3n) is 2.79. The van der Waals surface area contributed by atoms with Crippen LogP contribution < -0.4 is 4.90 Å². The Morgan fingerprint density at radius 2 is 2.47 bits per heavy atom. The average molecular weight is 250 g/mol. The highest BCUT2D eigenvalue weighted by Gasteiger charge is 2.22. The van der Waals surface area contributed by atoms with Crippen LogP contribution in [0, 0.1) is 0 Å². The molecule has 2 aromatic rings. The summed E-state index contributed by atoms with van der Waals surface area (Å²) in [4.78, 5) is 18.0. The van der Waals surface area contributed by atoms with Crippen molar-refractivity contribution in [3.63, 3.8) is 0 Å². The zero-order chi connectivity index (χ0) is 11.8. The number of hydrogen-bond donors (Lipinski definition) is 1. The van der Waals surface area contributed by atoms with E-state index in [0.717, 1.165) is 19.5 Å². The monoisotopic (exact) mass is 250 g/mol. The number of carboxylic acids is 1. The van der Waals surface area contributed by atoms with Crippen LogP contribution in [0.5, 0.6) is 0 Å². The summed E-state index contributed by atoms with van der Waals surface area (Å²) in [7, 11) is 0. The summed E-state index contributed by atoms with van der Waals surface area (Å²) in [5.41, 5.74) is 1.23. The van der Waals surface area contributed by atoms with Crippen LogP contribution in [0.4, 0.5) is 6.01 Å². The molecular formula is C11H10N2O3S. The molecule has 2 aromatic heterocycles. The molecule has 0 saturated heterocycles. The van der Waals surface area contributed by atoms with Crippen LogP contribution >= 0.6 is 11.3 Å². The standard InChI is InChI=1S/C11H10N2O3S/c14-10(15)8-6-16-11(12-8)13-3-1-9-7(5-13)2-4-17-9/h2,4,6H,1,3,5H2,(H,14,15). The highest BCUT2D eigenvalue weighted by Crippen LogP contribution is 2.27. The molecule has 0 radical (unpaired) electrons. The number of aromatic carboxylic acids is 1. The van der Waals surface area contributed by atoms with E-state index in [2.05, 4.69) is 16.4 Å². The van der Waals surface area contributed by atoms with Crippen LogP contribution in [0.1, 0.15) is 20.9 Å². The van der Waals surface area contributed by atoms with E-state index in [0.29, 0.717) is 6.01 Å². The maximum absolute atomic E-state index is 10.7. The summed E-state index contributed by atoms with van der Waals surface area (Å²) in [6, 6.07) is 2.48. The molecule has 1 aliphatic rings. The van der Waals surface area contributed by atoms with Crippen molar-refractivity contribution in [1.29, 1.82) is 0 Å². The Kier molecular flexibility index (Phi) is 2.36. The van der Waals surface area contributed by atoms with E-state index in [4.69, 9.17) is 9.52 Å². The molecule has 0 aromatic carbocycles. The summed E-state index contributed by atoms with van der Waals surface area (Å²) < 4.78 is 5.19. The van der Waals surface area contributed by atoms with Crippen molar-refractivity contribution in [2.24, 2.45) is 0 Å². The summed E-state index contributed by atoms with van der Waals surface area (Å²) >= 11 is 1.76. The summed E-state index contributed by atoms with van der Waals surface area (Å²) in [6.45, 7) is 1.55. The lowest BCUT2D eigenvalue weighted by Gasteiger charge is -2.25. The predicted molar refractivity (Wildman–Crippen MR) is 62.5 cm³/mol. The zero-order valence-electron chi connectivity index (χ0n) is 8.92. The molecule has 0 saturated carbocycles. The van der Waals surface area contributed by atoms with Gasteiger partial charge in [-0.1, -0.05) is 0 Å². The Hall–Kier alpha value is -1.82. The summed E-state index contributed by atoms with van der Waals surface area (Å²) in [6.07, 6.45) is 2.14. The molecule has 1 N–H and O–H groups in total. The van der Waals surface area contributed by atoms with Gasteiger partial charge in [-0.2, -0.15) is 4.98 Å². The first-order chi connectivity index (χ1) is 8.24. The normalized spacial score (nSPS) is 14.7. The molecule has 88 valence electrons. The van der Waals surface area contributed by atoms with E-state index >= 15 is 0 Å². The van der Waals surface area contributed by atoms with Crippen LogP contribution in [0.15, 0.2) is 22.1 Å². The molecule has 0 unspecified atom stereocenters. The fraction of sp³-hybridized carbons (Fsp3) is 0.273. The SMILES string of the molecule is O=C(O)c1coc(N2CCc3sccc3C2)n1.